The predicted molar refractivity (Wildman–Crippen MR) is 182 cm³/mol. The monoisotopic (exact) mass is 656 g/mol. The number of guanidine groups is 1. The van der Waals surface area contributed by atoms with Crippen LogP contribution in [0.25, 0.3) is 11.1 Å². The molecule has 48 heavy (non-hydrogen) atoms. The standard InChI is InChI=1S/C36H44N6O6/c1-3-22(2)31(42-36(47)48-21-28-26-16-9-7-14-24(26)25-15-8-10-17-27(25)28)33(44)41-30(20-23-12-5-4-6-13-23)32(43)40-29(34(45)46)18-11-19-39-35(37)38/h4-10,12-17,22,28-31H,3,11,18-21H2,1-2H3,(H,40,43)(H,41,44)(H,42,47)(H,45,46)(H4,37,38,39)/t22-,29-,30-,31-/m0/s1. The van der Waals surface area contributed by atoms with Crippen molar-refractivity contribution in [2.45, 2.75) is 63.6 Å². The number of hydrogen-bond acceptors (Lipinski definition) is 6. The smallest absolute Gasteiger partial charge is 0.407 e. The fraction of sp³-hybridized carbons (Fsp3) is 0.361. The molecule has 0 bridgehead atoms. The first-order chi connectivity index (χ1) is 23.1. The summed E-state index contributed by atoms with van der Waals surface area (Å²) in [5, 5.41) is 27.6. The largest absolute Gasteiger partial charge is 0.480 e. The average molecular weight is 657 g/mol. The molecule has 0 aromatic heterocycles. The van der Waals surface area contributed by atoms with Gasteiger partial charge in [-0.15, -0.1) is 0 Å². The number of carbonyl (C=O) groups excluding carboxylic acids is 3. The van der Waals surface area contributed by atoms with Gasteiger partial charge in [-0.3, -0.25) is 15.0 Å². The van der Waals surface area contributed by atoms with E-state index in [1.54, 1.807) is 24.3 Å². The average Bonchev–Trinajstić information content (AvgIpc) is 3.40. The number of carboxylic acids is 1. The zero-order valence-electron chi connectivity index (χ0n) is 27.2. The van der Waals surface area contributed by atoms with Crippen molar-refractivity contribution in [3.63, 3.8) is 0 Å². The molecule has 254 valence electrons. The Hall–Kier alpha value is -5.39. The fourth-order valence-corrected chi connectivity index (χ4v) is 5.85. The number of benzene rings is 3. The molecule has 0 saturated heterocycles. The Labute approximate surface area is 280 Å². The summed E-state index contributed by atoms with van der Waals surface area (Å²) in [7, 11) is 0. The van der Waals surface area contributed by atoms with Crippen LogP contribution in [0.5, 0.6) is 0 Å². The third-order valence-electron chi connectivity index (χ3n) is 8.63. The molecule has 4 rings (SSSR count). The number of fused-ring (bicyclic) bond motifs is 3. The van der Waals surface area contributed by atoms with Crippen molar-refractivity contribution >= 4 is 29.8 Å². The van der Waals surface area contributed by atoms with Crippen molar-refractivity contribution in [1.29, 1.82) is 5.41 Å². The van der Waals surface area contributed by atoms with Crippen LogP contribution in [0.1, 0.15) is 55.7 Å². The Balaban J connectivity index is 1.44. The minimum Gasteiger partial charge on any atom is -0.480 e. The van der Waals surface area contributed by atoms with E-state index >= 15 is 0 Å². The molecular formula is C36H44N6O6. The molecule has 4 atom stereocenters. The molecule has 0 saturated carbocycles. The normalized spacial score (nSPS) is 14.3. The SMILES string of the molecule is CC[C@H](C)[C@H](NC(=O)OCC1c2ccccc2-c2ccccc21)C(=O)N[C@@H](Cc1ccccc1)C(=O)N[C@@H](CCCNC(=N)N)C(=O)O. The number of ether oxygens (including phenoxy) is 1. The van der Waals surface area contributed by atoms with E-state index in [2.05, 4.69) is 21.3 Å². The first-order valence-electron chi connectivity index (χ1n) is 16.2. The molecule has 1 aliphatic carbocycles. The number of rotatable bonds is 16. The molecule has 3 aromatic carbocycles. The van der Waals surface area contributed by atoms with Gasteiger partial charge in [0.25, 0.3) is 0 Å². The molecule has 0 aliphatic heterocycles. The lowest BCUT2D eigenvalue weighted by molar-refractivity contribution is -0.142. The first-order valence-corrected chi connectivity index (χ1v) is 16.2. The Morgan fingerprint density at radius 3 is 2.02 bits per heavy atom. The zero-order chi connectivity index (χ0) is 34.6. The topological polar surface area (TPSA) is 196 Å². The number of alkyl carbamates (subject to hydrolysis) is 1. The van der Waals surface area contributed by atoms with Gasteiger partial charge in [-0.2, -0.15) is 0 Å². The molecule has 0 fully saturated rings. The molecule has 8 N–H and O–H groups in total. The highest BCUT2D eigenvalue weighted by atomic mass is 16.5. The number of hydrogen-bond donors (Lipinski definition) is 7. The number of nitrogens with two attached hydrogens (primary N) is 1. The highest BCUT2D eigenvalue weighted by molar-refractivity contribution is 5.93. The molecule has 1 aliphatic rings. The molecule has 3 aromatic rings. The number of amides is 3. The van der Waals surface area contributed by atoms with Crippen molar-refractivity contribution in [1.82, 2.24) is 21.3 Å². The number of carbonyl (C=O) groups is 4. The Bertz CT molecular complexity index is 1550. The predicted octanol–water partition coefficient (Wildman–Crippen LogP) is 3.50. The van der Waals surface area contributed by atoms with Gasteiger partial charge < -0.3 is 36.8 Å². The van der Waals surface area contributed by atoms with E-state index in [1.807, 2.05) is 68.4 Å². The van der Waals surface area contributed by atoms with Crippen LogP contribution < -0.4 is 27.0 Å². The van der Waals surface area contributed by atoms with Crippen LogP contribution in [-0.2, 0) is 25.5 Å². The van der Waals surface area contributed by atoms with Gasteiger partial charge in [-0.05, 0) is 46.6 Å². The molecule has 0 spiro atoms. The van der Waals surface area contributed by atoms with Gasteiger partial charge >= 0.3 is 12.1 Å². The van der Waals surface area contributed by atoms with Crippen molar-refractivity contribution < 1.29 is 29.0 Å². The highest BCUT2D eigenvalue weighted by Crippen LogP contribution is 2.44. The maximum Gasteiger partial charge on any atom is 0.407 e. The van der Waals surface area contributed by atoms with Gasteiger partial charge in [0.05, 0.1) is 0 Å². The van der Waals surface area contributed by atoms with Crippen molar-refractivity contribution in [3.05, 3.63) is 95.6 Å². The molecule has 3 amide bonds. The maximum absolute atomic E-state index is 13.7. The minimum absolute atomic E-state index is 0.0756. The number of carboxylic acid groups (broad SMARTS) is 1. The summed E-state index contributed by atoms with van der Waals surface area (Å²) in [6.07, 6.45) is 0.284. The van der Waals surface area contributed by atoms with Gasteiger partial charge in [0.2, 0.25) is 11.8 Å². The molecule has 0 heterocycles. The van der Waals surface area contributed by atoms with Gasteiger partial charge in [0, 0.05) is 18.9 Å². The van der Waals surface area contributed by atoms with Gasteiger partial charge in [0.15, 0.2) is 5.96 Å². The van der Waals surface area contributed by atoms with Crippen LogP contribution in [0.15, 0.2) is 78.9 Å². The number of aliphatic carboxylic acids is 1. The number of nitrogens with one attached hydrogen (secondary N) is 5. The van der Waals surface area contributed by atoms with Crippen LogP contribution in [0.4, 0.5) is 4.79 Å². The highest BCUT2D eigenvalue weighted by Gasteiger charge is 2.33. The van der Waals surface area contributed by atoms with E-state index in [1.165, 1.54) is 0 Å². The summed E-state index contributed by atoms with van der Waals surface area (Å²) >= 11 is 0. The lowest BCUT2D eigenvalue weighted by Crippen LogP contribution is -2.57. The minimum atomic E-state index is -1.23. The lowest BCUT2D eigenvalue weighted by Gasteiger charge is -2.27. The third-order valence-corrected chi connectivity index (χ3v) is 8.63. The van der Waals surface area contributed by atoms with E-state index < -0.39 is 42.0 Å². The second kappa shape index (κ2) is 17.0. The molecule has 0 unspecified atom stereocenters. The summed E-state index contributed by atoms with van der Waals surface area (Å²) in [6.45, 7) is 4.04. The van der Waals surface area contributed by atoms with E-state index in [0.717, 1.165) is 27.8 Å². The molecule has 0 radical (unpaired) electrons. The zero-order valence-corrected chi connectivity index (χ0v) is 27.2. The van der Waals surface area contributed by atoms with Crippen LogP contribution in [-0.4, -0.2) is 66.2 Å². The van der Waals surface area contributed by atoms with Crippen LogP contribution >= 0.6 is 0 Å². The summed E-state index contributed by atoms with van der Waals surface area (Å²) in [6, 6.07) is 21.6. The van der Waals surface area contributed by atoms with E-state index in [9.17, 15) is 24.3 Å². The van der Waals surface area contributed by atoms with Crippen LogP contribution in [0, 0.1) is 11.3 Å². The van der Waals surface area contributed by atoms with Crippen molar-refractivity contribution in [3.8, 4) is 11.1 Å². The van der Waals surface area contributed by atoms with Crippen molar-refractivity contribution in [2.24, 2.45) is 11.7 Å². The third kappa shape index (κ3) is 9.34. The fourth-order valence-electron chi connectivity index (χ4n) is 5.85. The molecule has 12 nitrogen and oxygen atoms in total. The van der Waals surface area contributed by atoms with E-state index in [-0.39, 0.29) is 43.8 Å². The Kier molecular flexibility index (Phi) is 12.5. The van der Waals surface area contributed by atoms with E-state index in [4.69, 9.17) is 15.9 Å². The van der Waals surface area contributed by atoms with Crippen LogP contribution in [0.3, 0.4) is 0 Å². The van der Waals surface area contributed by atoms with Gasteiger partial charge in [-0.1, -0.05) is 99.1 Å². The summed E-state index contributed by atoms with van der Waals surface area (Å²) in [5.41, 5.74) is 10.4. The maximum atomic E-state index is 13.7. The first kappa shape index (κ1) is 35.5. The van der Waals surface area contributed by atoms with Crippen molar-refractivity contribution in [2.75, 3.05) is 13.2 Å². The Morgan fingerprint density at radius 2 is 1.44 bits per heavy atom. The van der Waals surface area contributed by atoms with Crippen LogP contribution in [0.2, 0.25) is 0 Å². The van der Waals surface area contributed by atoms with Gasteiger partial charge in [-0.25, -0.2) is 9.59 Å². The quantitative estimate of drug-likeness (QED) is 0.0691. The van der Waals surface area contributed by atoms with Gasteiger partial charge in [0.1, 0.15) is 24.7 Å². The molecular weight excluding hydrogens is 612 g/mol. The Morgan fingerprint density at radius 1 is 0.854 bits per heavy atom. The van der Waals surface area contributed by atoms with E-state index in [0.29, 0.717) is 12.8 Å². The second-order valence-corrected chi connectivity index (χ2v) is 12.0. The summed E-state index contributed by atoms with van der Waals surface area (Å²) < 4.78 is 5.70. The summed E-state index contributed by atoms with van der Waals surface area (Å²) in [5.74, 6) is -3.20. The second-order valence-electron chi connectivity index (χ2n) is 12.0. The lowest BCUT2D eigenvalue weighted by atomic mass is 9.97. The summed E-state index contributed by atoms with van der Waals surface area (Å²) in [4.78, 5) is 52.4. The molecule has 12 heteroatoms.